The molecule has 0 bridgehead atoms. The molecule has 0 spiro atoms. The zero-order valence-corrected chi connectivity index (χ0v) is 18.9. The topological polar surface area (TPSA) is 65.1 Å². The van der Waals surface area contributed by atoms with Crippen LogP contribution in [0.25, 0.3) is 0 Å². The third-order valence-electron chi connectivity index (χ3n) is 4.44. The van der Waals surface area contributed by atoms with Crippen molar-refractivity contribution in [1.29, 1.82) is 0 Å². The van der Waals surface area contributed by atoms with Gasteiger partial charge in [-0.05, 0) is 65.7 Å². The van der Waals surface area contributed by atoms with E-state index in [-0.39, 0.29) is 24.0 Å². The largest absolute Gasteiger partial charge is 0.491 e. The van der Waals surface area contributed by atoms with Gasteiger partial charge in [0.05, 0.1) is 6.10 Å². The molecule has 0 aromatic heterocycles. The Bertz CT molecular complexity index is 636. The van der Waals surface area contributed by atoms with Crippen LogP contribution in [0, 0.1) is 5.92 Å². The lowest BCUT2D eigenvalue weighted by atomic mass is 9.81. The summed E-state index contributed by atoms with van der Waals surface area (Å²) in [6, 6.07) is 7.81. The molecule has 0 aliphatic carbocycles. The summed E-state index contributed by atoms with van der Waals surface area (Å²) in [6.45, 7) is 13.3. The number of benzene rings is 1. The highest BCUT2D eigenvalue weighted by Gasteiger charge is 2.34. The number of aldehydes is 1. The van der Waals surface area contributed by atoms with Crippen LogP contribution in [0.2, 0.25) is 0 Å². The minimum atomic E-state index is -0.529. The van der Waals surface area contributed by atoms with Crippen molar-refractivity contribution >= 4 is 12.4 Å². The standard InChI is InChI=1S/C20H29NO4.C3H8O/c1-14(2)24-17-8-6-7-15(11-17)18-12-21(10-9-16(18)13-22)19(23)25-20(3,4)5;1-3-4-2/h6-8,11,13-14,16,18H,9-10,12H2,1-5H3;3H2,1-2H3. The van der Waals surface area contributed by atoms with Crippen molar-refractivity contribution in [3.63, 3.8) is 0 Å². The molecule has 29 heavy (non-hydrogen) atoms. The molecule has 1 heterocycles. The second-order valence-electron chi connectivity index (χ2n) is 8.44. The van der Waals surface area contributed by atoms with Crippen LogP contribution in [0.15, 0.2) is 24.3 Å². The third kappa shape index (κ3) is 8.86. The van der Waals surface area contributed by atoms with Crippen molar-refractivity contribution in [3.8, 4) is 5.75 Å². The maximum absolute atomic E-state index is 12.4. The number of piperidine rings is 1. The number of carbonyl (C=O) groups excluding carboxylic acids is 2. The molecule has 6 heteroatoms. The monoisotopic (exact) mass is 407 g/mol. The van der Waals surface area contributed by atoms with E-state index in [0.717, 1.165) is 24.2 Å². The first-order valence-electron chi connectivity index (χ1n) is 10.3. The van der Waals surface area contributed by atoms with Crippen LogP contribution in [0.5, 0.6) is 5.75 Å². The molecule has 1 aliphatic rings. The highest BCUT2D eigenvalue weighted by Crippen LogP contribution is 2.33. The minimum Gasteiger partial charge on any atom is -0.491 e. The first kappa shape index (κ1) is 25.0. The summed E-state index contributed by atoms with van der Waals surface area (Å²) in [7, 11) is 1.68. The fraction of sp³-hybridized carbons (Fsp3) is 0.652. The maximum Gasteiger partial charge on any atom is 0.410 e. The Morgan fingerprint density at radius 3 is 2.48 bits per heavy atom. The van der Waals surface area contributed by atoms with Gasteiger partial charge in [0, 0.05) is 38.6 Å². The molecule has 1 saturated heterocycles. The Labute approximate surface area is 175 Å². The third-order valence-corrected chi connectivity index (χ3v) is 4.44. The van der Waals surface area contributed by atoms with Gasteiger partial charge < -0.3 is 23.9 Å². The van der Waals surface area contributed by atoms with E-state index in [1.807, 2.05) is 65.8 Å². The summed E-state index contributed by atoms with van der Waals surface area (Å²) in [5.41, 5.74) is 0.488. The van der Waals surface area contributed by atoms with E-state index in [1.165, 1.54) is 0 Å². The summed E-state index contributed by atoms with van der Waals surface area (Å²) < 4.78 is 15.8. The van der Waals surface area contributed by atoms with Crippen LogP contribution in [0.4, 0.5) is 4.79 Å². The molecule has 6 nitrogen and oxygen atoms in total. The molecule has 2 atom stereocenters. The normalized spacial score (nSPS) is 19.2. The number of ether oxygens (including phenoxy) is 3. The van der Waals surface area contributed by atoms with Crippen molar-refractivity contribution in [2.45, 2.75) is 65.6 Å². The Morgan fingerprint density at radius 2 is 1.97 bits per heavy atom. The fourth-order valence-electron chi connectivity index (χ4n) is 3.07. The molecule has 1 aliphatic heterocycles. The molecule has 1 aromatic rings. The SMILES string of the molecule is CC(C)Oc1cccc(C2CN(C(=O)OC(C)(C)C)CCC2C=O)c1.CCOC. The Kier molecular flexibility index (Phi) is 10.2. The molecular formula is C23H37NO5. The number of likely N-dealkylation sites (tertiary alicyclic amines) is 1. The average Bonchev–Trinajstić information content (AvgIpc) is 2.66. The summed E-state index contributed by atoms with van der Waals surface area (Å²) in [4.78, 5) is 25.6. The smallest absolute Gasteiger partial charge is 0.410 e. The Balaban J connectivity index is 0.000000960. The molecule has 1 fully saturated rings. The van der Waals surface area contributed by atoms with E-state index >= 15 is 0 Å². The Hall–Kier alpha value is -2.08. The number of amides is 1. The van der Waals surface area contributed by atoms with Crippen LogP contribution in [-0.2, 0) is 14.3 Å². The van der Waals surface area contributed by atoms with Gasteiger partial charge in [-0.2, -0.15) is 0 Å². The number of hydrogen-bond acceptors (Lipinski definition) is 5. The molecule has 1 aromatic carbocycles. The van der Waals surface area contributed by atoms with Gasteiger partial charge in [-0.15, -0.1) is 0 Å². The van der Waals surface area contributed by atoms with E-state index in [1.54, 1.807) is 12.0 Å². The fourth-order valence-corrected chi connectivity index (χ4v) is 3.07. The second kappa shape index (κ2) is 11.8. The predicted molar refractivity (Wildman–Crippen MR) is 114 cm³/mol. The van der Waals surface area contributed by atoms with Gasteiger partial charge in [0.1, 0.15) is 17.6 Å². The molecular weight excluding hydrogens is 370 g/mol. The highest BCUT2D eigenvalue weighted by molar-refractivity contribution is 5.69. The van der Waals surface area contributed by atoms with E-state index in [9.17, 15) is 9.59 Å². The first-order chi connectivity index (χ1) is 13.6. The van der Waals surface area contributed by atoms with Gasteiger partial charge in [-0.3, -0.25) is 0 Å². The zero-order valence-electron chi connectivity index (χ0n) is 18.9. The molecule has 164 valence electrons. The van der Waals surface area contributed by atoms with E-state index in [4.69, 9.17) is 9.47 Å². The lowest BCUT2D eigenvalue weighted by Gasteiger charge is -2.37. The summed E-state index contributed by atoms with van der Waals surface area (Å²) in [5, 5.41) is 0. The van der Waals surface area contributed by atoms with Gasteiger partial charge in [0.15, 0.2) is 0 Å². The predicted octanol–water partition coefficient (Wildman–Crippen LogP) is 4.67. The van der Waals surface area contributed by atoms with Crippen LogP contribution in [0.1, 0.15) is 59.4 Å². The number of hydrogen-bond donors (Lipinski definition) is 0. The van der Waals surface area contributed by atoms with Crippen molar-refractivity contribution in [2.75, 3.05) is 26.8 Å². The van der Waals surface area contributed by atoms with Gasteiger partial charge in [0.25, 0.3) is 0 Å². The summed E-state index contributed by atoms with van der Waals surface area (Å²) in [5.74, 6) is 0.633. The Morgan fingerprint density at radius 1 is 1.31 bits per heavy atom. The quantitative estimate of drug-likeness (QED) is 0.664. The molecule has 1 amide bonds. The van der Waals surface area contributed by atoms with Crippen molar-refractivity contribution in [2.24, 2.45) is 5.92 Å². The molecule has 0 N–H and O–H groups in total. The first-order valence-corrected chi connectivity index (χ1v) is 10.3. The lowest BCUT2D eigenvalue weighted by molar-refractivity contribution is -0.113. The van der Waals surface area contributed by atoms with Gasteiger partial charge in [-0.25, -0.2) is 4.79 Å². The zero-order chi connectivity index (χ0) is 22.0. The lowest BCUT2D eigenvalue weighted by Crippen LogP contribution is -2.45. The van der Waals surface area contributed by atoms with E-state index < -0.39 is 5.60 Å². The van der Waals surface area contributed by atoms with E-state index in [2.05, 4.69) is 4.74 Å². The van der Waals surface area contributed by atoms with Crippen LogP contribution in [0.3, 0.4) is 0 Å². The van der Waals surface area contributed by atoms with Crippen LogP contribution in [-0.4, -0.2) is 55.8 Å². The molecule has 0 radical (unpaired) electrons. The number of rotatable bonds is 5. The van der Waals surface area contributed by atoms with Crippen molar-refractivity contribution in [3.05, 3.63) is 29.8 Å². The number of carbonyl (C=O) groups is 2. The summed E-state index contributed by atoms with van der Waals surface area (Å²) in [6.07, 6.45) is 1.41. The van der Waals surface area contributed by atoms with Crippen molar-refractivity contribution in [1.82, 2.24) is 4.90 Å². The number of nitrogens with zero attached hydrogens (tertiary/aromatic N) is 1. The van der Waals surface area contributed by atoms with E-state index in [0.29, 0.717) is 19.5 Å². The van der Waals surface area contributed by atoms with Gasteiger partial charge in [0.2, 0.25) is 0 Å². The molecule has 2 unspecified atom stereocenters. The maximum atomic E-state index is 12.4. The van der Waals surface area contributed by atoms with Crippen molar-refractivity contribution < 1.29 is 23.8 Å². The van der Waals surface area contributed by atoms with Crippen LogP contribution < -0.4 is 4.74 Å². The molecule has 0 saturated carbocycles. The average molecular weight is 408 g/mol. The van der Waals surface area contributed by atoms with Gasteiger partial charge in [-0.1, -0.05) is 12.1 Å². The molecule has 2 rings (SSSR count). The minimum absolute atomic E-state index is 0.0468. The second-order valence-corrected chi connectivity index (χ2v) is 8.44. The summed E-state index contributed by atoms with van der Waals surface area (Å²) >= 11 is 0. The van der Waals surface area contributed by atoms with Crippen LogP contribution >= 0.6 is 0 Å². The van der Waals surface area contributed by atoms with Gasteiger partial charge >= 0.3 is 6.09 Å². The highest BCUT2D eigenvalue weighted by atomic mass is 16.6. The number of methoxy groups -OCH3 is 1.